The number of carbonyl (C=O) groups excluding carboxylic acids is 1. The van der Waals surface area contributed by atoms with Gasteiger partial charge in [0.25, 0.3) is 0 Å². The smallest absolute Gasteiger partial charge is 0.339 e. The van der Waals surface area contributed by atoms with Crippen LogP contribution in [0.5, 0.6) is 0 Å². The van der Waals surface area contributed by atoms with Gasteiger partial charge in [-0.1, -0.05) is 0 Å². The van der Waals surface area contributed by atoms with Gasteiger partial charge in [-0.2, -0.15) is 0 Å². The summed E-state index contributed by atoms with van der Waals surface area (Å²) in [5.74, 6) is -1.13. The van der Waals surface area contributed by atoms with Gasteiger partial charge in [-0.25, -0.2) is 4.79 Å². The fourth-order valence-corrected chi connectivity index (χ4v) is 1.49. The molecule has 0 bridgehead atoms. The normalized spacial score (nSPS) is 11.4. The number of amides is 1. The number of hydrogen-bond donors (Lipinski definition) is 3. The molecule has 0 atom stereocenters. The predicted octanol–water partition coefficient (Wildman–Crippen LogP) is 0.721. The van der Waals surface area contributed by atoms with E-state index in [1.807, 2.05) is 0 Å². The summed E-state index contributed by atoms with van der Waals surface area (Å²) < 4.78 is 5.07. The first kappa shape index (κ1) is 13.2. The van der Waals surface area contributed by atoms with Gasteiger partial charge in [0.1, 0.15) is 11.3 Å². The van der Waals surface area contributed by atoms with E-state index in [2.05, 4.69) is 5.32 Å². The van der Waals surface area contributed by atoms with Crippen LogP contribution in [0.2, 0.25) is 0 Å². The van der Waals surface area contributed by atoms with Crippen LogP contribution in [0, 0.1) is 0 Å². The molecule has 0 saturated carbocycles. The van der Waals surface area contributed by atoms with Crippen LogP contribution < -0.4 is 11.1 Å². The number of aromatic carboxylic acids is 1. The molecule has 0 aromatic carbocycles. The van der Waals surface area contributed by atoms with Crippen LogP contribution in [0.4, 0.5) is 0 Å². The van der Waals surface area contributed by atoms with E-state index in [4.69, 9.17) is 15.3 Å². The van der Waals surface area contributed by atoms with Crippen molar-refractivity contribution >= 4 is 11.9 Å². The minimum Gasteiger partial charge on any atom is -0.478 e. The number of hydrogen-bond acceptors (Lipinski definition) is 4. The summed E-state index contributed by atoms with van der Waals surface area (Å²) in [5, 5.41) is 11.9. The highest BCUT2D eigenvalue weighted by Crippen LogP contribution is 2.13. The highest BCUT2D eigenvalue weighted by molar-refractivity contribution is 5.88. The monoisotopic (exact) mass is 240 g/mol. The Labute approximate surface area is 98.8 Å². The Morgan fingerprint density at radius 3 is 2.71 bits per heavy atom. The standard InChI is InChI=1S/C11H16N2O4/c1-11(2,5-9(12)14)13-6-8-7(10(15)16)3-4-17-8/h3-4,13H,5-6H2,1-2H3,(H2,12,14)(H,15,16). The quantitative estimate of drug-likeness (QED) is 0.679. The van der Waals surface area contributed by atoms with E-state index in [9.17, 15) is 9.59 Å². The van der Waals surface area contributed by atoms with Crippen LogP contribution in [0.15, 0.2) is 16.7 Å². The van der Waals surface area contributed by atoms with Gasteiger partial charge >= 0.3 is 5.97 Å². The third-order valence-electron chi connectivity index (χ3n) is 2.32. The maximum atomic E-state index is 10.8. The number of nitrogens with one attached hydrogen (secondary N) is 1. The molecule has 1 aromatic rings. The predicted molar refractivity (Wildman–Crippen MR) is 60.4 cm³/mol. The van der Waals surface area contributed by atoms with Gasteiger partial charge in [0.15, 0.2) is 0 Å². The summed E-state index contributed by atoms with van der Waals surface area (Å²) >= 11 is 0. The Morgan fingerprint density at radius 1 is 1.53 bits per heavy atom. The fraction of sp³-hybridized carbons (Fsp3) is 0.455. The lowest BCUT2D eigenvalue weighted by Crippen LogP contribution is -2.42. The summed E-state index contributed by atoms with van der Waals surface area (Å²) in [6.07, 6.45) is 1.48. The van der Waals surface area contributed by atoms with Gasteiger partial charge in [-0.15, -0.1) is 0 Å². The zero-order chi connectivity index (χ0) is 13.1. The van der Waals surface area contributed by atoms with Crippen molar-refractivity contribution in [2.24, 2.45) is 5.73 Å². The molecule has 0 unspecified atom stereocenters. The van der Waals surface area contributed by atoms with Gasteiger partial charge in [0.2, 0.25) is 5.91 Å². The second-order valence-electron chi connectivity index (χ2n) is 4.44. The largest absolute Gasteiger partial charge is 0.478 e. The first-order chi connectivity index (χ1) is 7.82. The molecule has 1 amide bonds. The van der Waals surface area contributed by atoms with E-state index in [0.717, 1.165) is 0 Å². The summed E-state index contributed by atoms with van der Waals surface area (Å²) in [4.78, 5) is 21.6. The lowest BCUT2D eigenvalue weighted by atomic mass is 10.0. The Morgan fingerprint density at radius 2 is 2.18 bits per heavy atom. The van der Waals surface area contributed by atoms with Crippen LogP contribution in [0.25, 0.3) is 0 Å². The molecule has 1 rings (SSSR count). The molecule has 94 valence electrons. The first-order valence-electron chi connectivity index (χ1n) is 5.15. The van der Waals surface area contributed by atoms with Crippen molar-refractivity contribution in [2.45, 2.75) is 32.4 Å². The molecule has 4 N–H and O–H groups in total. The molecule has 0 aliphatic rings. The molecule has 0 aliphatic heterocycles. The van der Waals surface area contributed by atoms with Gasteiger partial charge in [0.05, 0.1) is 12.8 Å². The second kappa shape index (κ2) is 5.01. The van der Waals surface area contributed by atoms with Crippen molar-refractivity contribution in [1.82, 2.24) is 5.32 Å². The fourth-order valence-electron chi connectivity index (χ4n) is 1.49. The van der Waals surface area contributed by atoms with Crippen molar-refractivity contribution in [3.05, 3.63) is 23.7 Å². The number of carboxylic acids is 1. The number of nitrogens with two attached hydrogens (primary N) is 1. The SMILES string of the molecule is CC(C)(CC(N)=O)NCc1occc1C(=O)O. The molecular weight excluding hydrogens is 224 g/mol. The summed E-state index contributed by atoms with van der Waals surface area (Å²) in [5.41, 5.74) is 4.72. The number of rotatable bonds is 6. The maximum Gasteiger partial charge on any atom is 0.339 e. The minimum absolute atomic E-state index is 0.118. The number of furan rings is 1. The van der Waals surface area contributed by atoms with Gasteiger partial charge in [-0.3, -0.25) is 4.79 Å². The number of primary amides is 1. The zero-order valence-electron chi connectivity index (χ0n) is 9.82. The molecule has 6 nitrogen and oxygen atoms in total. The highest BCUT2D eigenvalue weighted by atomic mass is 16.4. The second-order valence-corrected chi connectivity index (χ2v) is 4.44. The molecule has 0 radical (unpaired) electrons. The van der Waals surface area contributed by atoms with Gasteiger partial charge < -0.3 is 20.6 Å². The Bertz CT molecular complexity index is 423. The van der Waals surface area contributed by atoms with Crippen LogP contribution in [-0.2, 0) is 11.3 Å². The van der Waals surface area contributed by atoms with Crippen molar-refractivity contribution in [1.29, 1.82) is 0 Å². The number of carbonyl (C=O) groups is 2. The zero-order valence-corrected chi connectivity index (χ0v) is 9.82. The molecule has 17 heavy (non-hydrogen) atoms. The molecule has 0 fully saturated rings. The first-order valence-corrected chi connectivity index (χ1v) is 5.15. The Hall–Kier alpha value is -1.82. The molecule has 0 aliphatic carbocycles. The number of carboxylic acid groups (broad SMARTS) is 1. The maximum absolute atomic E-state index is 10.8. The average Bonchev–Trinajstić information content (AvgIpc) is 2.60. The lowest BCUT2D eigenvalue weighted by molar-refractivity contribution is -0.119. The molecule has 1 aromatic heterocycles. The molecule has 0 spiro atoms. The molecular formula is C11H16N2O4. The molecule has 1 heterocycles. The third-order valence-corrected chi connectivity index (χ3v) is 2.32. The topological polar surface area (TPSA) is 106 Å². The van der Waals surface area contributed by atoms with E-state index in [0.29, 0.717) is 5.76 Å². The van der Waals surface area contributed by atoms with Crippen LogP contribution >= 0.6 is 0 Å². The summed E-state index contributed by atoms with van der Waals surface area (Å²) in [7, 11) is 0. The van der Waals surface area contributed by atoms with E-state index >= 15 is 0 Å². The van der Waals surface area contributed by atoms with E-state index < -0.39 is 17.4 Å². The van der Waals surface area contributed by atoms with Gasteiger partial charge in [0, 0.05) is 12.0 Å². The van der Waals surface area contributed by atoms with E-state index in [1.54, 1.807) is 13.8 Å². The molecule has 6 heteroatoms. The highest BCUT2D eigenvalue weighted by Gasteiger charge is 2.22. The van der Waals surface area contributed by atoms with E-state index in [-0.39, 0.29) is 18.5 Å². The molecule has 0 saturated heterocycles. The van der Waals surface area contributed by atoms with Crippen molar-refractivity contribution in [3.8, 4) is 0 Å². The van der Waals surface area contributed by atoms with Gasteiger partial charge in [-0.05, 0) is 19.9 Å². The Balaban J connectivity index is 2.64. The van der Waals surface area contributed by atoms with Crippen LogP contribution in [0.3, 0.4) is 0 Å². The minimum atomic E-state index is -1.04. The third kappa shape index (κ3) is 3.92. The van der Waals surface area contributed by atoms with Crippen LogP contribution in [-0.4, -0.2) is 22.5 Å². The Kier molecular flexibility index (Phi) is 3.90. The summed E-state index contributed by atoms with van der Waals surface area (Å²) in [6.45, 7) is 3.84. The average molecular weight is 240 g/mol. The van der Waals surface area contributed by atoms with E-state index in [1.165, 1.54) is 12.3 Å². The van der Waals surface area contributed by atoms with Crippen LogP contribution in [0.1, 0.15) is 36.4 Å². The lowest BCUT2D eigenvalue weighted by Gasteiger charge is -2.24. The van der Waals surface area contributed by atoms with Crippen molar-refractivity contribution in [3.63, 3.8) is 0 Å². The van der Waals surface area contributed by atoms with Crippen molar-refractivity contribution < 1.29 is 19.1 Å². The van der Waals surface area contributed by atoms with Crippen molar-refractivity contribution in [2.75, 3.05) is 0 Å². The summed E-state index contributed by atoms with van der Waals surface area (Å²) in [6, 6.07) is 1.39.